The molecule has 9 heteroatoms. The minimum atomic E-state index is -3.67. The fourth-order valence-electron chi connectivity index (χ4n) is 3.18. The van der Waals surface area contributed by atoms with Gasteiger partial charge in [-0.15, -0.1) is 0 Å². The summed E-state index contributed by atoms with van der Waals surface area (Å²) in [5.41, 5.74) is -0.545. The van der Waals surface area contributed by atoms with Crippen molar-refractivity contribution < 1.29 is 22.7 Å². The Morgan fingerprint density at radius 1 is 1.07 bits per heavy atom. The van der Waals surface area contributed by atoms with Crippen molar-refractivity contribution in [1.82, 2.24) is 9.21 Å². The van der Waals surface area contributed by atoms with Crippen molar-refractivity contribution in [2.75, 3.05) is 26.2 Å². The molecule has 3 rings (SSSR count). The molecule has 0 aromatic heterocycles. The first-order valence-corrected chi connectivity index (χ1v) is 12.2. The topological polar surface area (TPSA) is 76.1 Å². The van der Waals surface area contributed by atoms with Crippen LogP contribution in [0.15, 0.2) is 27.6 Å². The molecule has 1 unspecified atom stereocenters. The number of amides is 1. The predicted octanol–water partition coefficient (Wildman–Crippen LogP) is 4.22. The number of likely N-dealkylation sites (tertiary alicyclic amines) is 1. The van der Waals surface area contributed by atoms with E-state index in [0.717, 1.165) is 25.7 Å². The average Bonchev–Trinajstić information content (AvgIpc) is 2.60. The standard InChI is InChI=1S/C20H29BrN2O5S/c1-20(2,3)18(28-19(24)22-10-5-4-6-11-22)27-16-9-8-15(21)14-17(16)29(25,26)23-12-7-13-23/h8-9,14,18H,4-7,10-13H2,1-3H3. The normalized spacial score (nSPS) is 19.4. The smallest absolute Gasteiger partial charge is 0.412 e. The number of halogens is 1. The van der Waals surface area contributed by atoms with Crippen LogP contribution >= 0.6 is 15.9 Å². The summed E-state index contributed by atoms with van der Waals surface area (Å²) in [6.45, 7) is 8.02. The van der Waals surface area contributed by atoms with Gasteiger partial charge in [0.05, 0.1) is 0 Å². The molecule has 0 N–H and O–H groups in total. The number of carbonyl (C=O) groups is 1. The Kier molecular flexibility index (Phi) is 6.80. The van der Waals surface area contributed by atoms with Crippen molar-refractivity contribution in [2.45, 2.75) is 57.6 Å². The highest BCUT2D eigenvalue weighted by Gasteiger charge is 2.36. The van der Waals surface area contributed by atoms with Crippen LogP contribution in [0.3, 0.4) is 0 Å². The van der Waals surface area contributed by atoms with E-state index in [4.69, 9.17) is 9.47 Å². The fraction of sp³-hybridized carbons (Fsp3) is 0.650. The van der Waals surface area contributed by atoms with E-state index in [0.29, 0.717) is 30.7 Å². The minimum Gasteiger partial charge on any atom is -0.453 e. The Hall–Kier alpha value is -1.32. The zero-order valence-electron chi connectivity index (χ0n) is 17.2. The third kappa shape index (κ3) is 5.24. The number of piperidine rings is 1. The van der Waals surface area contributed by atoms with Gasteiger partial charge in [-0.2, -0.15) is 4.31 Å². The summed E-state index contributed by atoms with van der Waals surface area (Å²) in [6.07, 6.45) is 2.53. The summed E-state index contributed by atoms with van der Waals surface area (Å²) >= 11 is 3.35. The largest absolute Gasteiger partial charge is 0.453 e. The van der Waals surface area contributed by atoms with Crippen LogP contribution in [-0.2, 0) is 14.8 Å². The van der Waals surface area contributed by atoms with Gasteiger partial charge in [-0.3, -0.25) is 0 Å². The van der Waals surface area contributed by atoms with Crippen molar-refractivity contribution >= 4 is 32.0 Å². The van der Waals surface area contributed by atoms with Crippen molar-refractivity contribution in [3.05, 3.63) is 22.7 Å². The number of sulfonamides is 1. The summed E-state index contributed by atoms with van der Waals surface area (Å²) in [6, 6.07) is 4.86. The third-order valence-corrected chi connectivity index (χ3v) is 7.51. The molecular formula is C20H29BrN2O5S. The SMILES string of the molecule is CC(C)(C)C(OC(=O)N1CCCCC1)Oc1ccc(Br)cc1S(=O)(=O)N1CCC1. The lowest BCUT2D eigenvalue weighted by Gasteiger charge is -2.35. The summed E-state index contributed by atoms with van der Waals surface area (Å²) < 4.78 is 39.8. The van der Waals surface area contributed by atoms with Crippen molar-refractivity contribution in [3.8, 4) is 5.75 Å². The van der Waals surface area contributed by atoms with Crippen LogP contribution < -0.4 is 4.74 Å². The van der Waals surface area contributed by atoms with Crippen molar-refractivity contribution in [2.24, 2.45) is 5.41 Å². The molecule has 0 aliphatic carbocycles. The molecule has 1 aromatic carbocycles. The van der Waals surface area contributed by atoms with Crippen LogP contribution in [0.4, 0.5) is 4.79 Å². The second-order valence-electron chi connectivity index (χ2n) is 8.60. The lowest BCUT2D eigenvalue weighted by Crippen LogP contribution is -2.44. The Labute approximate surface area is 181 Å². The van der Waals surface area contributed by atoms with Gasteiger partial charge in [0.15, 0.2) is 0 Å². The van der Waals surface area contributed by atoms with Gasteiger partial charge in [0.2, 0.25) is 10.0 Å². The monoisotopic (exact) mass is 488 g/mol. The molecule has 0 saturated carbocycles. The fourth-order valence-corrected chi connectivity index (χ4v) is 5.36. The lowest BCUT2D eigenvalue weighted by molar-refractivity contribution is -0.110. The maximum absolute atomic E-state index is 13.0. The second-order valence-corrected chi connectivity index (χ2v) is 11.4. The maximum atomic E-state index is 13.0. The molecule has 0 spiro atoms. The molecule has 2 aliphatic rings. The molecule has 2 aliphatic heterocycles. The van der Waals surface area contributed by atoms with Gasteiger partial charge in [0, 0.05) is 36.1 Å². The van der Waals surface area contributed by atoms with Gasteiger partial charge in [0.25, 0.3) is 6.29 Å². The van der Waals surface area contributed by atoms with Gasteiger partial charge in [-0.05, 0) is 43.9 Å². The van der Waals surface area contributed by atoms with E-state index >= 15 is 0 Å². The molecule has 0 radical (unpaired) electrons. The van der Waals surface area contributed by atoms with Crippen LogP contribution in [0.5, 0.6) is 5.75 Å². The van der Waals surface area contributed by atoms with Gasteiger partial charge < -0.3 is 14.4 Å². The number of rotatable bonds is 5. The van der Waals surface area contributed by atoms with Crippen LogP contribution in [0.1, 0.15) is 46.5 Å². The number of nitrogens with zero attached hydrogens (tertiary/aromatic N) is 2. The Morgan fingerprint density at radius 3 is 2.28 bits per heavy atom. The molecule has 162 valence electrons. The minimum absolute atomic E-state index is 0.0786. The predicted molar refractivity (Wildman–Crippen MR) is 113 cm³/mol. The van der Waals surface area contributed by atoms with Crippen LogP contribution in [0.25, 0.3) is 0 Å². The summed E-state index contributed by atoms with van der Waals surface area (Å²) in [5.74, 6) is 0.187. The number of ether oxygens (including phenoxy) is 2. The molecule has 1 aromatic rings. The zero-order chi connectivity index (χ0) is 21.2. The molecule has 2 heterocycles. The zero-order valence-corrected chi connectivity index (χ0v) is 19.6. The summed E-state index contributed by atoms with van der Waals surface area (Å²) in [7, 11) is -3.67. The molecule has 1 amide bonds. The van der Waals surface area contributed by atoms with Gasteiger partial charge >= 0.3 is 6.09 Å². The Morgan fingerprint density at radius 2 is 1.72 bits per heavy atom. The van der Waals surface area contributed by atoms with Crippen molar-refractivity contribution in [1.29, 1.82) is 0 Å². The Balaban J connectivity index is 1.85. The van der Waals surface area contributed by atoms with E-state index < -0.39 is 27.8 Å². The third-order valence-electron chi connectivity index (χ3n) is 5.10. The molecule has 29 heavy (non-hydrogen) atoms. The first-order chi connectivity index (χ1) is 13.6. The number of hydrogen-bond acceptors (Lipinski definition) is 5. The first-order valence-electron chi connectivity index (χ1n) is 10.0. The molecule has 2 saturated heterocycles. The van der Waals surface area contributed by atoms with Crippen LogP contribution in [-0.4, -0.2) is 56.2 Å². The number of carbonyl (C=O) groups excluding carboxylic acids is 1. The summed E-state index contributed by atoms with van der Waals surface area (Å²) in [5, 5.41) is 0. The van der Waals surface area contributed by atoms with E-state index in [2.05, 4.69) is 15.9 Å². The van der Waals surface area contributed by atoms with E-state index in [9.17, 15) is 13.2 Å². The number of hydrogen-bond donors (Lipinski definition) is 0. The molecule has 2 fully saturated rings. The van der Waals surface area contributed by atoms with E-state index in [1.54, 1.807) is 17.0 Å². The first kappa shape index (κ1) is 22.4. The van der Waals surface area contributed by atoms with Gasteiger partial charge in [-0.25, -0.2) is 13.2 Å². The highest BCUT2D eigenvalue weighted by atomic mass is 79.9. The molecular weight excluding hydrogens is 460 g/mol. The quantitative estimate of drug-likeness (QED) is 0.579. The molecule has 0 bridgehead atoms. The van der Waals surface area contributed by atoms with Crippen molar-refractivity contribution in [3.63, 3.8) is 0 Å². The molecule has 1 atom stereocenters. The highest BCUT2D eigenvalue weighted by Crippen LogP contribution is 2.35. The maximum Gasteiger partial charge on any atom is 0.412 e. The molecule has 7 nitrogen and oxygen atoms in total. The van der Waals surface area contributed by atoms with E-state index in [1.807, 2.05) is 20.8 Å². The van der Waals surface area contributed by atoms with E-state index in [1.165, 1.54) is 10.4 Å². The van der Waals surface area contributed by atoms with Gasteiger partial charge in [-0.1, -0.05) is 36.7 Å². The van der Waals surface area contributed by atoms with Crippen LogP contribution in [0.2, 0.25) is 0 Å². The number of benzene rings is 1. The summed E-state index contributed by atoms with van der Waals surface area (Å²) in [4.78, 5) is 14.4. The van der Waals surface area contributed by atoms with Crippen LogP contribution in [0, 0.1) is 5.41 Å². The second kappa shape index (κ2) is 8.81. The average molecular weight is 489 g/mol. The van der Waals surface area contributed by atoms with Gasteiger partial charge in [0.1, 0.15) is 10.6 Å². The lowest BCUT2D eigenvalue weighted by atomic mass is 9.96. The Bertz CT molecular complexity index is 843. The van der Waals surface area contributed by atoms with E-state index in [-0.39, 0.29) is 10.6 Å². The highest BCUT2D eigenvalue weighted by molar-refractivity contribution is 9.10.